The number of carbonyl (C=O) groups is 1. The Morgan fingerprint density at radius 3 is 2.96 bits per heavy atom. The lowest BCUT2D eigenvalue weighted by Gasteiger charge is -2.16. The molecule has 0 bridgehead atoms. The third kappa shape index (κ3) is 4.07. The molecule has 0 radical (unpaired) electrons. The molecule has 2 heterocycles. The molecule has 0 aliphatic rings. The Morgan fingerprint density at radius 1 is 1.39 bits per heavy atom. The van der Waals surface area contributed by atoms with Gasteiger partial charge in [-0.05, 0) is 42.1 Å². The number of thiazole rings is 1. The Balaban J connectivity index is 1.60. The zero-order chi connectivity index (χ0) is 16.4. The second-order valence-electron chi connectivity index (χ2n) is 5.16. The van der Waals surface area contributed by atoms with Gasteiger partial charge in [-0.2, -0.15) is 0 Å². The quantitative estimate of drug-likeness (QED) is 0.577. The summed E-state index contributed by atoms with van der Waals surface area (Å²) in [4.78, 5) is 19.8. The van der Waals surface area contributed by atoms with E-state index < -0.39 is 0 Å². The van der Waals surface area contributed by atoms with E-state index in [-0.39, 0.29) is 5.91 Å². The highest BCUT2D eigenvalue weighted by atomic mass is 35.5. The fourth-order valence-corrected chi connectivity index (χ4v) is 5.16. The van der Waals surface area contributed by atoms with Gasteiger partial charge >= 0.3 is 0 Å². The van der Waals surface area contributed by atoms with Crippen LogP contribution in [-0.4, -0.2) is 28.6 Å². The van der Waals surface area contributed by atoms with Crippen molar-refractivity contribution in [3.63, 3.8) is 0 Å². The normalized spacial score (nSPS) is 11.1. The molecule has 0 saturated heterocycles. The van der Waals surface area contributed by atoms with Crippen LogP contribution < -0.4 is 0 Å². The highest BCUT2D eigenvalue weighted by Gasteiger charge is 2.13. The van der Waals surface area contributed by atoms with Crippen molar-refractivity contribution in [2.75, 3.05) is 12.8 Å². The number of fused-ring (bicyclic) bond motifs is 1. The lowest BCUT2D eigenvalue weighted by atomic mass is 10.3. The van der Waals surface area contributed by atoms with E-state index in [0.717, 1.165) is 14.6 Å². The first-order chi connectivity index (χ1) is 11.0. The minimum Gasteiger partial charge on any atom is -0.340 e. The lowest BCUT2D eigenvalue weighted by molar-refractivity contribution is -0.127. The number of aryl methyl sites for hydroxylation is 1. The molecule has 0 atom stereocenters. The molecular weight excluding hydrogens is 368 g/mol. The number of thioether (sulfide) groups is 1. The third-order valence-corrected chi connectivity index (χ3v) is 6.83. The molecule has 23 heavy (non-hydrogen) atoms. The fourth-order valence-electron chi connectivity index (χ4n) is 2.04. The van der Waals surface area contributed by atoms with Crippen molar-refractivity contribution in [2.24, 2.45) is 0 Å². The largest absolute Gasteiger partial charge is 0.340 e. The van der Waals surface area contributed by atoms with E-state index >= 15 is 0 Å². The molecule has 0 N–H and O–H groups in total. The van der Waals surface area contributed by atoms with Crippen molar-refractivity contribution in [1.29, 1.82) is 0 Å². The summed E-state index contributed by atoms with van der Waals surface area (Å²) in [7, 11) is 1.85. The van der Waals surface area contributed by atoms with Crippen molar-refractivity contribution in [2.45, 2.75) is 17.8 Å². The van der Waals surface area contributed by atoms with Crippen LogP contribution in [-0.2, 0) is 11.3 Å². The molecule has 120 valence electrons. The van der Waals surface area contributed by atoms with Gasteiger partial charge in [-0.1, -0.05) is 23.4 Å². The summed E-state index contributed by atoms with van der Waals surface area (Å²) >= 11 is 10.7. The summed E-state index contributed by atoms with van der Waals surface area (Å²) in [5, 5.41) is 2.74. The van der Waals surface area contributed by atoms with Crippen LogP contribution in [0.1, 0.15) is 10.4 Å². The van der Waals surface area contributed by atoms with Gasteiger partial charge in [0, 0.05) is 16.9 Å². The number of thiophene rings is 1. The molecular formula is C16H15ClN2OS3. The number of carbonyl (C=O) groups excluding carboxylic acids is 1. The molecule has 0 fully saturated rings. The van der Waals surface area contributed by atoms with Crippen LogP contribution in [0.4, 0.5) is 0 Å². The first-order valence-electron chi connectivity index (χ1n) is 6.99. The highest BCUT2D eigenvalue weighted by molar-refractivity contribution is 8.01. The number of hydrogen-bond acceptors (Lipinski definition) is 5. The van der Waals surface area contributed by atoms with Gasteiger partial charge in [0.2, 0.25) is 5.91 Å². The lowest BCUT2D eigenvalue weighted by Crippen LogP contribution is -2.27. The van der Waals surface area contributed by atoms with Crippen LogP contribution in [0.25, 0.3) is 10.2 Å². The monoisotopic (exact) mass is 382 g/mol. The van der Waals surface area contributed by atoms with Crippen LogP contribution in [0.2, 0.25) is 5.02 Å². The molecule has 0 unspecified atom stereocenters. The van der Waals surface area contributed by atoms with Crippen molar-refractivity contribution < 1.29 is 4.79 Å². The van der Waals surface area contributed by atoms with E-state index in [1.807, 2.05) is 25.2 Å². The van der Waals surface area contributed by atoms with Gasteiger partial charge in [0.25, 0.3) is 0 Å². The van der Waals surface area contributed by atoms with Crippen LogP contribution in [0.15, 0.2) is 34.0 Å². The second-order valence-corrected chi connectivity index (χ2v) is 8.85. The molecule has 0 spiro atoms. The predicted octanol–water partition coefficient (Wildman–Crippen LogP) is 5.07. The van der Waals surface area contributed by atoms with Crippen LogP contribution in [0, 0.1) is 6.92 Å². The molecule has 1 amide bonds. The van der Waals surface area contributed by atoms with Crippen molar-refractivity contribution in [1.82, 2.24) is 9.88 Å². The summed E-state index contributed by atoms with van der Waals surface area (Å²) in [5.41, 5.74) is 2.13. The van der Waals surface area contributed by atoms with Crippen LogP contribution in [0.3, 0.4) is 0 Å². The molecule has 2 aromatic heterocycles. The van der Waals surface area contributed by atoms with Crippen molar-refractivity contribution >= 4 is 62.2 Å². The summed E-state index contributed by atoms with van der Waals surface area (Å²) in [6.07, 6.45) is 0. The van der Waals surface area contributed by atoms with Crippen LogP contribution >= 0.6 is 46.0 Å². The highest BCUT2D eigenvalue weighted by Crippen LogP contribution is 2.31. The summed E-state index contributed by atoms with van der Waals surface area (Å²) in [5.74, 6) is 0.508. The number of aromatic nitrogens is 1. The molecule has 0 aliphatic carbocycles. The topological polar surface area (TPSA) is 33.2 Å². The maximum atomic E-state index is 12.3. The molecule has 0 saturated carbocycles. The zero-order valence-electron chi connectivity index (χ0n) is 12.7. The van der Waals surface area contributed by atoms with Crippen LogP contribution in [0.5, 0.6) is 0 Å². The minimum atomic E-state index is 0.111. The first-order valence-corrected chi connectivity index (χ1v) is 10.0. The fraction of sp³-hybridized carbons (Fsp3) is 0.250. The molecule has 3 rings (SSSR count). The second kappa shape index (κ2) is 7.21. The maximum Gasteiger partial charge on any atom is 0.233 e. The summed E-state index contributed by atoms with van der Waals surface area (Å²) in [6.45, 7) is 2.74. The van der Waals surface area contributed by atoms with Gasteiger partial charge in [-0.25, -0.2) is 4.98 Å². The van der Waals surface area contributed by atoms with E-state index in [1.54, 1.807) is 27.6 Å². The zero-order valence-corrected chi connectivity index (χ0v) is 15.9. The number of rotatable bonds is 5. The van der Waals surface area contributed by atoms with Gasteiger partial charge in [0.1, 0.15) is 0 Å². The first kappa shape index (κ1) is 16.8. The van der Waals surface area contributed by atoms with E-state index in [1.165, 1.54) is 22.2 Å². The van der Waals surface area contributed by atoms with E-state index in [4.69, 9.17) is 11.6 Å². The Morgan fingerprint density at radius 2 is 2.22 bits per heavy atom. The summed E-state index contributed by atoms with van der Waals surface area (Å²) in [6, 6.07) is 7.76. The van der Waals surface area contributed by atoms with E-state index in [9.17, 15) is 4.79 Å². The van der Waals surface area contributed by atoms with Gasteiger partial charge in [-0.3, -0.25) is 4.79 Å². The average molecular weight is 383 g/mol. The Labute approximate surface area is 152 Å². The Kier molecular flexibility index (Phi) is 5.26. The smallest absolute Gasteiger partial charge is 0.233 e. The van der Waals surface area contributed by atoms with Gasteiger partial charge in [-0.15, -0.1) is 22.7 Å². The number of hydrogen-bond donors (Lipinski definition) is 0. The van der Waals surface area contributed by atoms with E-state index in [0.29, 0.717) is 17.3 Å². The number of halogens is 1. The summed E-state index contributed by atoms with van der Waals surface area (Å²) < 4.78 is 1.99. The van der Waals surface area contributed by atoms with Gasteiger partial charge in [0.15, 0.2) is 4.34 Å². The number of amides is 1. The van der Waals surface area contributed by atoms with Crippen molar-refractivity contribution in [3.05, 3.63) is 45.1 Å². The van der Waals surface area contributed by atoms with Crippen molar-refractivity contribution in [3.8, 4) is 0 Å². The predicted molar refractivity (Wildman–Crippen MR) is 101 cm³/mol. The SMILES string of the molecule is Cc1ccsc1CN(C)C(=O)CSc1nc2cc(Cl)ccc2s1. The standard InChI is InChI=1S/C16H15ClN2OS3/c1-10-5-6-21-14(10)8-19(2)15(20)9-22-16-18-12-7-11(17)3-4-13(12)23-16/h3-7H,8-9H2,1-2H3. The third-order valence-electron chi connectivity index (χ3n) is 3.42. The number of benzene rings is 1. The Hall–Kier alpha value is -1.08. The number of nitrogens with zero attached hydrogens (tertiary/aromatic N) is 2. The molecule has 7 heteroatoms. The molecule has 1 aromatic carbocycles. The Bertz CT molecular complexity index is 843. The van der Waals surface area contributed by atoms with E-state index in [2.05, 4.69) is 23.4 Å². The average Bonchev–Trinajstić information content (AvgIpc) is 3.10. The van der Waals surface area contributed by atoms with Gasteiger partial charge < -0.3 is 4.90 Å². The van der Waals surface area contributed by atoms with Gasteiger partial charge in [0.05, 0.1) is 22.5 Å². The minimum absolute atomic E-state index is 0.111. The molecule has 3 aromatic rings. The maximum absolute atomic E-state index is 12.3. The molecule has 0 aliphatic heterocycles. The molecule has 3 nitrogen and oxygen atoms in total.